The third-order valence-corrected chi connectivity index (χ3v) is 3.86. The smallest absolute Gasteiger partial charge is 0.336 e. The molecule has 5 nitrogen and oxygen atoms in total. The first-order chi connectivity index (χ1) is 11.6. The minimum Gasteiger partial charge on any atom is -0.423 e. The van der Waals surface area contributed by atoms with Crippen LogP contribution in [-0.2, 0) is 6.42 Å². The number of amides is 1. The van der Waals surface area contributed by atoms with Crippen LogP contribution >= 0.6 is 12.4 Å². The van der Waals surface area contributed by atoms with Gasteiger partial charge in [0.2, 0.25) is 0 Å². The predicted octanol–water partition coefficient (Wildman–Crippen LogP) is 3.28. The summed E-state index contributed by atoms with van der Waals surface area (Å²) in [5, 5.41) is 3.66. The number of carbonyl (C=O) groups is 1. The van der Waals surface area contributed by atoms with Crippen molar-refractivity contribution in [1.29, 1.82) is 0 Å². The summed E-state index contributed by atoms with van der Waals surface area (Å²) in [5.74, 6) is -0.219. The molecule has 0 spiro atoms. The lowest BCUT2D eigenvalue weighted by Crippen LogP contribution is -2.12. The maximum Gasteiger partial charge on any atom is 0.336 e. The maximum absolute atomic E-state index is 12.3. The summed E-state index contributed by atoms with van der Waals surface area (Å²) >= 11 is 0. The number of benzene rings is 2. The molecule has 0 radical (unpaired) electrons. The van der Waals surface area contributed by atoms with Gasteiger partial charge >= 0.3 is 5.63 Å². The molecule has 1 aromatic heterocycles. The van der Waals surface area contributed by atoms with Gasteiger partial charge in [-0.25, -0.2) is 4.79 Å². The number of nitrogens with one attached hydrogen (secondary N) is 1. The quantitative estimate of drug-likeness (QED) is 0.701. The van der Waals surface area contributed by atoms with Gasteiger partial charge in [0, 0.05) is 28.8 Å². The average molecular weight is 359 g/mol. The summed E-state index contributed by atoms with van der Waals surface area (Å²) in [4.78, 5) is 23.8. The van der Waals surface area contributed by atoms with Gasteiger partial charge < -0.3 is 15.5 Å². The number of fused-ring (bicyclic) bond motifs is 1. The molecule has 0 unspecified atom stereocenters. The van der Waals surface area contributed by atoms with Crippen LogP contribution in [0.1, 0.15) is 21.5 Å². The summed E-state index contributed by atoms with van der Waals surface area (Å²) < 4.78 is 5.19. The molecule has 3 rings (SSSR count). The maximum atomic E-state index is 12.3. The van der Waals surface area contributed by atoms with Crippen molar-refractivity contribution in [1.82, 2.24) is 0 Å². The fourth-order valence-electron chi connectivity index (χ4n) is 2.60. The molecule has 0 saturated heterocycles. The van der Waals surface area contributed by atoms with Gasteiger partial charge in [-0.1, -0.05) is 12.1 Å². The van der Waals surface area contributed by atoms with E-state index in [1.165, 1.54) is 6.07 Å². The first kappa shape index (κ1) is 18.7. The predicted molar refractivity (Wildman–Crippen MR) is 102 cm³/mol. The zero-order chi connectivity index (χ0) is 17.1. The van der Waals surface area contributed by atoms with Crippen molar-refractivity contribution in [2.45, 2.75) is 13.3 Å². The molecule has 25 heavy (non-hydrogen) atoms. The van der Waals surface area contributed by atoms with Crippen molar-refractivity contribution in [3.63, 3.8) is 0 Å². The van der Waals surface area contributed by atoms with Gasteiger partial charge in [0.05, 0.1) is 0 Å². The SMILES string of the molecule is Cc1cc(=O)oc2cc(NC(=O)c3ccc(CCN)cc3)ccc12.Cl. The number of rotatable bonds is 4. The molecule has 2 aromatic carbocycles. The Morgan fingerprint density at radius 3 is 2.52 bits per heavy atom. The summed E-state index contributed by atoms with van der Waals surface area (Å²) in [6, 6.07) is 14.0. The van der Waals surface area contributed by atoms with Crippen molar-refractivity contribution in [2.24, 2.45) is 5.73 Å². The summed E-state index contributed by atoms with van der Waals surface area (Å²) in [6.45, 7) is 2.42. The van der Waals surface area contributed by atoms with E-state index in [0.29, 0.717) is 23.4 Å². The van der Waals surface area contributed by atoms with Crippen LogP contribution in [0.25, 0.3) is 11.0 Å². The van der Waals surface area contributed by atoms with Crippen LogP contribution in [0.2, 0.25) is 0 Å². The second-order valence-electron chi connectivity index (χ2n) is 5.65. The highest BCUT2D eigenvalue weighted by molar-refractivity contribution is 6.05. The highest BCUT2D eigenvalue weighted by atomic mass is 35.5. The Labute approximate surface area is 151 Å². The Morgan fingerprint density at radius 1 is 1.12 bits per heavy atom. The fourth-order valence-corrected chi connectivity index (χ4v) is 2.60. The molecule has 0 aliphatic carbocycles. The number of hydrogen-bond acceptors (Lipinski definition) is 4. The van der Waals surface area contributed by atoms with Crippen molar-refractivity contribution in [3.8, 4) is 0 Å². The zero-order valence-corrected chi connectivity index (χ0v) is 14.6. The number of hydrogen-bond donors (Lipinski definition) is 2. The lowest BCUT2D eigenvalue weighted by molar-refractivity contribution is 0.102. The summed E-state index contributed by atoms with van der Waals surface area (Å²) in [6.07, 6.45) is 0.783. The van der Waals surface area contributed by atoms with Crippen LogP contribution in [0.4, 0.5) is 5.69 Å². The zero-order valence-electron chi connectivity index (χ0n) is 13.7. The molecule has 0 bridgehead atoms. The van der Waals surface area contributed by atoms with Gasteiger partial charge in [-0.15, -0.1) is 12.4 Å². The van der Waals surface area contributed by atoms with E-state index in [1.807, 2.05) is 25.1 Å². The molecule has 0 atom stereocenters. The van der Waals surface area contributed by atoms with Crippen molar-refractivity contribution < 1.29 is 9.21 Å². The van der Waals surface area contributed by atoms with E-state index in [0.717, 1.165) is 22.9 Å². The van der Waals surface area contributed by atoms with E-state index in [9.17, 15) is 9.59 Å². The molecule has 3 aromatic rings. The van der Waals surface area contributed by atoms with Crippen LogP contribution in [-0.4, -0.2) is 12.5 Å². The third kappa shape index (κ3) is 4.26. The van der Waals surface area contributed by atoms with Crippen LogP contribution in [0.3, 0.4) is 0 Å². The molecule has 130 valence electrons. The molecule has 1 amide bonds. The van der Waals surface area contributed by atoms with E-state index in [4.69, 9.17) is 10.2 Å². The number of carbonyl (C=O) groups excluding carboxylic acids is 1. The van der Waals surface area contributed by atoms with E-state index in [2.05, 4.69) is 5.32 Å². The standard InChI is InChI=1S/C19H18N2O3.ClH/c1-12-10-18(22)24-17-11-15(6-7-16(12)17)21-19(23)14-4-2-13(3-5-14)8-9-20;/h2-7,10-11H,8-9,20H2,1H3,(H,21,23);1H. The van der Waals surface area contributed by atoms with Crippen LogP contribution in [0, 0.1) is 6.92 Å². The fraction of sp³-hybridized carbons (Fsp3) is 0.158. The minimum absolute atomic E-state index is 0. The lowest BCUT2D eigenvalue weighted by atomic mass is 10.1. The van der Waals surface area contributed by atoms with Crippen LogP contribution in [0.15, 0.2) is 57.7 Å². The third-order valence-electron chi connectivity index (χ3n) is 3.86. The number of anilines is 1. The molecular weight excluding hydrogens is 340 g/mol. The van der Waals surface area contributed by atoms with Crippen LogP contribution < -0.4 is 16.7 Å². The Kier molecular flexibility index (Phi) is 5.96. The molecule has 1 heterocycles. The Hall–Kier alpha value is -2.63. The number of nitrogens with two attached hydrogens (primary N) is 1. The Balaban J connectivity index is 0.00000225. The van der Waals surface area contributed by atoms with Gasteiger partial charge in [-0.05, 0) is 55.3 Å². The van der Waals surface area contributed by atoms with Gasteiger partial charge in [0.15, 0.2) is 0 Å². The highest BCUT2D eigenvalue weighted by Crippen LogP contribution is 2.21. The van der Waals surface area contributed by atoms with E-state index in [1.54, 1.807) is 24.3 Å². The molecule has 0 aliphatic rings. The van der Waals surface area contributed by atoms with Gasteiger partial charge in [-0.3, -0.25) is 4.79 Å². The number of aryl methyl sites for hydroxylation is 1. The second-order valence-corrected chi connectivity index (χ2v) is 5.65. The topological polar surface area (TPSA) is 85.3 Å². The van der Waals surface area contributed by atoms with E-state index in [-0.39, 0.29) is 18.3 Å². The van der Waals surface area contributed by atoms with E-state index >= 15 is 0 Å². The molecule has 0 fully saturated rings. The monoisotopic (exact) mass is 358 g/mol. The van der Waals surface area contributed by atoms with Gasteiger partial charge in [-0.2, -0.15) is 0 Å². The van der Waals surface area contributed by atoms with Crippen molar-refractivity contribution in [2.75, 3.05) is 11.9 Å². The van der Waals surface area contributed by atoms with Crippen molar-refractivity contribution in [3.05, 3.63) is 75.6 Å². The summed E-state index contributed by atoms with van der Waals surface area (Å²) in [7, 11) is 0. The summed E-state index contributed by atoms with van der Waals surface area (Å²) in [5.41, 5.74) is 8.64. The van der Waals surface area contributed by atoms with E-state index < -0.39 is 5.63 Å². The largest absolute Gasteiger partial charge is 0.423 e. The Bertz CT molecular complexity index is 949. The lowest BCUT2D eigenvalue weighted by Gasteiger charge is -2.08. The molecule has 3 N–H and O–H groups in total. The molecule has 0 saturated carbocycles. The molecular formula is C19H19ClN2O3. The second kappa shape index (κ2) is 7.96. The van der Waals surface area contributed by atoms with Gasteiger partial charge in [0.1, 0.15) is 5.58 Å². The molecule has 0 aliphatic heterocycles. The van der Waals surface area contributed by atoms with Crippen LogP contribution in [0.5, 0.6) is 0 Å². The Morgan fingerprint density at radius 2 is 1.84 bits per heavy atom. The first-order valence-electron chi connectivity index (χ1n) is 7.72. The highest BCUT2D eigenvalue weighted by Gasteiger charge is 2.08. The number of halogens is 1. The normalized spacial score (nSPS) is 10.3. The molecule has 6 heteroatoms. The average Bonchev–Trinajstić information content (AvgIpc) is 2.55. The minimum atomic E-state index is -0.404. The van der Waals surface area contributed by atoms with Crippen molar-refractivity contribution >= 4 is 35.0 Å². The van der Waals surface area contributed by atoms with Gasteiger partial charge in [0.25, 0.3) is 5.91 Å². The first-order valence-corrected chi connectivity index (χ1v) is 7.72.